The van der Waals surface area contributed by atoms with E-state index in [1.807, 2.05) is 37.3 Å². The molecule has 0 bridgehead atoms. The molecule has 1 heterocycles. The van der Waals surface area contributed by atoms with Crippen LogP contribution in [0.3, 0.4) is 0 Å². The van der Waals surface area contributed by atoms with E-state index in [1.54, 1.807) is 18.9 Å². The highest BCUT2D eigenvalue weighted by Crippen LogP contribution is 2.64. The molecule has 3 nitrogen and oxygen atoms in total. The molecule has 0 N–H and O–H groups in total. The van der Waals surface area contributed by atoms with Gasteiger partial charge in [0.1, 0.15) is 15.7 Å². The molecule has 0 spiro atoms. The number of amides is 1. The zero-order valence-corrected chi connectivity index (χ0v) is 13.7. The molecule has 2 aromatic rings. The van der Waals surface area contributed by atoms with Crippen LogP contribution in [0.5, 0.6) is 0 Å². The fourth-order valence-corrected chi connectivity index (χ4v) is 3.29. The van der Waals surface area contributed by atoms with E-state index in [0.717, 1.165) is 16.7 Å². The highest BCUT2D eigenvalue weighted by molar-refractivity contribution is 6.53. The molecule has 112 valence electrons. The highest BCUT2D eigenvalue weighted by atomic mass is 35.5. The monoisotopic (exact) mass is 325 g/mol. The smallest absolute Gasteiger partial charge is 0.232 e. The molecule has 0 aliphatic heterocycles. The first kappa shape index (κ1) is 14.7. The average molecular weight is 326 g/mol. The van der Waals surface area contributed by atoms with Crippen molar-refractivity contribution in [3.63, 3.8) is 0 Å². The van der Waals surface area contributed by atoms with Crippen molar-refractivity contribution in [2.24, 2.45) is 5.41 Å². The van der Waals surface area contributed by atoms with E-state index in [2.05, 4.69) is 0 Å². The Kier molecular flexibility index (Phi) is 3.26. The largest absolute Gasteiger partial charge is 0.459 e. The third-order valence-corrected chi connectivity index (χ3v) is 5.59. The van der Waals surface area contributed by atoms with Crippen molar-refractivity contribution < 1.29 is 9.21 Å². The summed E-state index contributed by atoms with van der Waals surface area (Å²) in [5, 5.41) is 1.03. The minimum absolute atomic E-state index is 0.0551. The van der Waals surface area contributed by atoms with Crippen LogP contribution in [-0.4, -0.2) is 22.2 Å². The van der Waals surface area contributed by atoms with E-state index in [4.69, 9.17) is 27.6 Å². The van der Waals surface area contributed by atoms with Crippen LogP contribution in [0.4, 0.5) is 0 Å². The molecule has 2 atom stereocenters. The topological polar surface area (TPSA) is 33.5 Å². The van der Waals surface area contributed by atoms with E-state index < -0.39 is 9.75 Å². The van der Waals surface area contributed by atoms with Crippen LogP contribution in [0.2, 0.25) is 0 Å². The average Bonchev–Trinajstić information content (AvgIpc) is 2.82. The van der Waals surface area contributed by atoms with Gasteiger partial charge in [-0.3, -0.25) is 4.79 Å². The quantitative estimate of drug-likeness (QED) is 0.776. The molecule has 5 heteroatoms. The molecule has 0 unspecified atom stereocenters. The normalized spacial score (nSPS) is 24.8. The Morgan fingerprint density at radius 2 is 2.00 bits per heavy atom. The van der Waals surface area contributed by atoms with Gasteiger partial charge in [-0.15, -0.1) is 23.2 Å². The van der Waals surface area contributed by atoms with Gasteiger partial charge in [-0.1, -0.05) is 18.2 Å². The van der Waals surface area contributed by atoms with Crippen molar-refractivity contribution in [1.82, 2.24) is 4.90 Å². The lowest BCUT2D eigenvalue weighted by atomic mass is 10.1. The lowest BCUT2D eigenvalue weighted by molar-refractivity contribution is -0.137. The summed E-state index contributed by atoms with van der Waals surface area (Å²) < 4.78 is 4.87. The highest BCUT2D eigenvalue weighted by Gasteiger charge is 2.68. The maximum absolute atomic E-state index is 12.6. The molecule has 3 rings (SSSR count). The van der Waals surface area contributed by atoms with Crippen molar-refractivity contribution in [3.05, 3.63) is 36.1 Å². The summed E-state index contributed by atoms with van der Waals surface area (Å²) >= 11 is 12.2. The molecular weight excluding hydrogens is 309 g/mol. The van der Waals surface area contributed by atoms with Crippen LogP contribution in [0.25, 0.3) is 11.0 Å². The molecule has 1 saturated carbocycles. The third kappa shape index (κ3) is 2.23. The molecule has 0 radical (unpaired) electrons. The number of hydrogen-bond donors (Lipinski definition) is 0. The zero-order valence-electron chi connectivity index (χ0n) is 12.2. The summed E-state index contributed by atoms with van der Waals surface area (Å²) in [6, 6.07) is 9.58. The number of alkyl halides is 2. The van der Waals surface area contributed by atoms with E-state index >= 15 is 0 Å². The Labute approximate surface area is 133 Å². The Hall–Kier alpha value is -1.19. The Morgan fingerprint density at radius 3 is 2.57 bits per heavy atom. The first-order chi connectivity index (χ1) is 9.76. The van der Waals surface area contributed by atoms with Gasteiger partial charge < -0.3 is 9.32 Å². The fraction of sp³-hybridized carbons (Fsp3) is 0.438. The third-order valence-electron chi connectivity index (χ3n) is 4.49. The second kappa shape index (κ2) is 4.65. The Bertz CT molecular complexity index is 676. The van der Waals surface area contributed by atoms with Crippen LogP contribution >= 0.6 is 23.2 Å². The van der Waals surface area contributed by atoms with E-state index in [9.17, 15) is 4.79 Å². The van der Waals surface area contributed by atoms with Crippen LogP contribution in [0, 0.1) is 5.41 Å². The molecule has 21 heavy (non-hydrogen) atoms. The number of nitrogens with zero attached hydrogens (tertiary/aromatic N) is 1. The van der Waals surface area contributed by atoms with Gasteiger partial charge in [0.25, 0.3) is 0 Å². The lowest BCUT2D eigenvalue weighted by Crippen LogP contribution is -2.36. The minimum Gasteiger partial charge on any atom is -0.459 e. The van der Waals surface area contributed by atoms with Crippen molar-refractivity contribution in [3.8, 4) is 0 Å². The summed E-state index contributed by atoms with van der Waals surface area (Å²) in [6.45, 7) is 3.74. The molecule has 1 amide bonds. The van der Waals surface area contributed by atoms with Crippen LogP contribution in [-0.2, 0) is 4.79 Å². The number of para-hydroxylation sites is 1. The number of hydrogen-bond acceptors (Lipinski definition) is 2. The molecular formula is C16H17Cl2NO2. The summed E-state index contributed by atoms with van der Waals surface area (Å²) in [5.74, 6) is 0.700. The lowest BCUT2D eigenvalue weighted by Gasteiger charge is -2.27. The van der Waals surface area contributed by atoms with Gasteiger partial charge in [0.15, 0.2) is 0 Å². The number of rotatable bonds is 3. The van der Waals surface area contributed by atoms with Crippen molar-refractivity contribution >= 4 is 40.1 Å². The fourth-order valence-electron chi connectivity index (χ4n) is 2.60. The van der Waals surface area contributed by atoms with E-state index in [0.29, 0.717) is 6.42 Å². The van der Waals surface area contributed by atoms with Crippen molar-refractivity contribution in [2.45, 2.75) is 30.6 Å². The zero-order chi connectivity index (χ0) is 15.4. The summed E-state index contributed by atoms with van der Waals surface area (Å²) in [6.07, 6.45) is 0.485. The van der Waals surface area contributed by atoms with Gasteiger partial charge in [-0.25, -0.2) is 0 Å². The molecule has 1 aromatic heterocycles. The minimum atomic E-state index is -0.952. The molecule has 1 aromatic carbocycles. The Balaban J connectivity index is 1.84. The number of carbonyl (C=O) groups is 1. The maximum Gasteiger partial charge on any atom is 0.232 e. The SMILES string of the molecule is C[C@@H](c1cc2ccccc2o1)N(C)C(=O)[C@]1(C)CC1(Cl)Cl. The molecule has 0 saturated heterocycles. The summed E-state index contributed by atoms with van der Waals surface area (Å²) in [7, 11) is 1.76. The van der Waals surface area contributed by atoms with Crippen molar-refractivity contribution in [2.75, 3.05) is 7.05 Å². The molecule has 1 fully saturated rings. The van der Waals surface area contributed by atoms with E-state index in [-0.39, 0.29) is 11.9 Å². The number of furan rings is 1. The van der Waals surface area contributed by atoms with Crippen LogP contribution in [0.15, 0.2) is 34.7 Å². The predicted octanol–water partition coefficient (Wildman–Crippen LogP) is 4.54. The van der Waals surface area contributed by atoms with Gasteiger partial charge in [0.2, 0.25) is 5.91 Å². The number of fused-ring (bicyclic) bond motifs is 1. The first-order valence-corrected chi connectivity index (χ1v) is 7.65. The second-order valence-electron chi connectivity index (χ2n) is 5.99. The van der Waals surface area contributed by atoms with Gasteiger partial charge in [0, 0.05) is 12.4 Å². The van der Waals surface area contributed by atoms with E-state index in [1.165, 1.54) is 0 Å². The number of benzene rings is 1. The van der Waals surface area contributed by atoms with Crippen molar-refractivity contribution in [1.29, 1.82) is 0 Å². The van der Waals surface area contributed by atoms with Crippen LogP contribution < -0.4 is 0 Å². The van der Waals surface area contributed by atoms with Crippen LogP contribution in [0.1, 0.15) is 32.1 Å². The summed E-state index contributed by atoms with van der Waals surface area (Å²) in [5.41, 5.74) is 0.118. The predicted molar refractivity (Wildman–Crippen MR) is 84.6 cm³/mol. The standard InChI is InChI=1S/C16H17Cl2NO2/c1-10(13-8-11-6-4-5-7-12(11)21-13)19(3)14(20)15(2)9-16(15,17)18/h4-8,10H,9H2,1-3H3/t10-,15-/m0/s1. The van der Waals surface area contributed by atoms with Gasteiger partial charge in [-0.05, 0) is 32.4 Å². The van der Waals surface area contributed by atoms with Gasteiger partial charge in [-0.2, -0.15) is 0 Å². The second-order valence-corrected chi connectivity index (χ2v) is 7.48. The van der Waals surface area contributed by atoms with Gasteiger partial charge in [0.05, 0.1) is 11.5 Å². The number of halogens is 2. The maximum atomic E-state index is 12.6. The molecule has 1 aliphatic carbocycles. The summed E-state index contributed by atoms with van der Waals surface area (Å²) in [4.78, 5) is 14.2. The number of carbonyl (C=O) groups excluding carboxylic acids is 1. The Morgan fingerprint density at radius 1 is 1.38 bits per heavy atom. The first-order valence-electron chi connectivity index (χ1n) is 6.90. The molecule has 1 aliphatic rings. The van der Waals surface area contributed by atoms with Gasteiger partial charge >= 0.3 is 0 Å².